The van der Waals surface area contributed by atoms with Crippen LogP contribution in [0.3, 0.4) is 0 Å². The van der Waals surface area contributed by atoms with Crippen LogP contribution in [0.2, 0.25) is 0 Å². The molecular weight excluding hydrogens is 342 g/mol. The number of hydrogen-bond donors (Lipinski definition) is 5. The number of aliphatic hydroxyl groups excluding tert-OH is 4. The fourth-order valence-electron chi connectivity index (χ4n) is 2.57. The largest absolute Gasteiger partial charge is 0.462 e. The van der Waals surface area contributed by atoms with Crippen LogP contribution in [0.1, 0.15) is 19.4 Å². The maximum absolute atomic E-state index is 11.5. The Labute approximate surface area is 152 Å². The van der Waals surface area contributed by atoms with Gasteiger partial charge in [-0.2, -0.15) is 0 Å². The summed E-state index contributed by atoms with van der Waals surface area (Å²) < 4.78 is 10.8. The summed E-state index contributed by atoms with van der Waals surface area (Å²) in [4.78, 5) is 11.5. The minimum atomic E-state index is -1.48. The molecule has 1 aromatic rings. The second kappa shape index (κ2) is 9.29. The van der Waals surface area contributed by atoms with Crippen LogP contribution in [0.5, 0.6) is 5.75 Å². The lowest BCUT2D eigenvalue weighted by Crippen LogP contribution is -2.60. The quantitative estimate of drug-likeness (QED) is 0.425. The van der Waals surface area contributed by atoms with Crippen molar-refractivity contribution in [3.63, 3.8) is 0 Å². The summed E-state index contributed by atoms with van der Waals surface area (Å²) in [5, 5.41) is 41.5. The molecule has 1 aliphatic heterocycles. The van der Waals surface area contributed by atoms with Crippen LogP contribution in [0.15, 0.2) is 24.3 Å². The SMILES string of the molecule is CC(C)C(=O)NCCc1ccc(O[C@H]2OC(CO)[C@@H](O)C(O)C2O)cc1. The van der Waals surface area contributed by atoms with Crippen molar-refractivity contribution in [1.82, 2.24) is 5.32 Å². The Morgan fingerprint density at radius 1 is 1.15 bits per heavy atom. The fourth-order valence-corrected chi connectivity index (χ4v) is 2.57. The summed E-state index contributed by atoms with van der Waals surface area (Å²) in [6.45, 7) is 3.69. The first-order valence-electron chi connectivity index (χ1n) is 8.67. The third-order valence-electron chi connectivity index (χ3n) is 4.26. The van der Waals surface area contributed by atoms with Gasteiger partial charge in [0.1, 0.15) is 30.2 Å². The molecular formula is C18H27NO7. The van der Waals surface area contributed by atoms with Crippen molar-refractivity contribution in [3.8, 4) is 5.75 Å². The molecule has 2 rings (SSSR count). The Hall–Kier alpha value is -1.71. The van der Waals surface area contributed by atoms with Gasteiger partial charge in [0, 0.05) is 12.5 Å². The summed E-state index contributed by atoms with van der Waals surface area (Å²) >= 11 is 0. The normalized spacial score (nSPS) is 28.8. The van der Waals surface area contributed by atoms with Gasteiger partial charge in [0.05, 0.1) is 6.61 Å². The van der Waals surface area contributed by atoms with E-state index in [1.807, 2.05) is 26.0 Å². The van der Waals surface area contributed by atoms with E-state index in [1.54, 1.807) is 12.1 Å². The Morgan fingerprint density at radius 2 is 1.81 bits per heavy atom. The highest BCUT2D eigenvalue weighted by Gasteiger charge is 2.44. The predicted molar refractivity (Wildman–Crippen MR) is 92.4 cm³/mol. The molecule has 0 saturated carbocycles. The van der Waals surface area contributed by atoms with E-state index in [4.69, 9.17) is 9.47 Å². The standard InChI is InChI=1S/C18H27NO7/c1-10(2)17(24)19-8-7-11-3-5-12(6-4-11)25-18-16(23)15(22)14(21)13(9-20)26-18/h3-6,10,13-16,18,20-23H,7-9H2,1-2H3,(H,19,24)/t13?,14-,15?,16?,18+/m1/s1. The highest BCUT2D eigenvalue weighted by molar-refractivity contribution is 5.77. The molecule has 1 saturated heterocycles. The molecule has 1 aliphatic rings. The van der Waals surface area contributed by atoms with Crippen LogP contribution in [0.25, 0.3) is 0 Å². The van der Waals surface area contributed by atoms with E-state index < -0.39 is 37.3 Å². The highest BCUT2D eigenvalue weighted by Crippen LogP contribution is 2.24. The molecule has 1 amide bonds. The van der Waals surface area contributed by atoms with Gasteiger partial charge in [0.25, 0.3) is 0 Å². The topological polar surface area (TPSA) is 128 Å². The minimum absolute atomic E-state index is 0.00701. The molecule has 5 atom stereocenters. The summed E-state index contributed by atoms with van der Waals surface area (Å²) in [5.74, 6) is 0.362. The van der Waals surface area contributed by atoms with Gasteiger partial charge in [-0.15, -0.1) is 0 Å². The fraction of sp³-hybridized carbons (Fsp3) is 0.611. The molecule has 5 N–H and O–H groups in total. The van der Waals surface area contributed by atoms with Crippen molar-refractivity contribution in [2.45, 2.75) is 51.0 Å². The third-order valence-corrected chi connectivity index (χ3v) is 4.26. The van der Waals surface area contributed by atoms with Crippen LogP contribution in [-0.2, 0) is 16.0 Å². The molecule has 1 fully saturated rings. The Morgan fingerprint density at radius 3 is 2.38 bits per heavy atom. The van der Waals surface area contributed by atoms with Crippen LogP contribution in [0.4, 0.5) is 0 Å². The maximum atomic E-state index is 11.5. The lowest BCUT2D eigenvalue weighted by molar-refractivity contribution is -0.277. The number of aliphatic hydroxyl groups is 4. The first-order chi connectivity index (χ1) is 12.3. The van der Waals surface area contributed by atoms with Gasteiger partial charge in [-0.05, 0) is 24.1 Å². The van der Waals surface area contributed by atoms with Crippen LogP contribution < -0.4 is 10.1 Å². The van der Waals surface area contributed by atoms with Gasteiger partial charge >= 0.3 is 0 Å². The third kappa shape index (κ3) is 5.15. The molecule has 0 spiro atoms. The Balaban J connectivity index is 1.89. The van der Waals surface area contributed by atoms with Gasteiger partial charge in [-0.3, -0.25) is 4.79 Å². The first kappa shape index (κ1) is 20.6. The van der Waals surface area contributed by atoms with Crippen molar-refractivity contribution >= 4 is 5.91 Å². The molecule has 0 radical (unpaired) electrons. The van der Waals surface area contributed by atoms with E-state index in [9.17, 15) is 25.2 Å². The van der Waals surface area contributed by atoms with E-state index in [2.05, 4.69) is 5.32 Å². The number of nitrogens with one attached hydrogen (secondary N) is 1. The van der Waals surface area contributed by atoms with E-state index in [0.29, 0.717) is 18.7 Å². The lowest BCUT2D eigenvalue weighted by atomic mass is 9.99. The molecule has 1 heterocycles. The number of benzene rings is 1. The van der Waals surface area contributed by atoms with Gasteiger partial charge < -0.3 is 35.2 Å². The molecule has 26 heavy (non-hydrogen) atoms. The number of ether oxygens (including phenoxy) is 2. The van der Waals surface area contributed by atoms with Gasteiger partial charge in [0.2, 0.25) is 12.2 Å². The van der Waals surface area contributed by atoms with Crippen molar-refractivity contribution in [3.05, 3.63) is 29.8 Å². The number of rotatable bonds is 7. The zero-order chi connectivity index (χ0) is 19.3. The number of hydrogen-bond acceptors (Lipinski definition) is 7. The number of carbonyl (C=O) groups is 1. The molecule has 8 heteroatoms. The van der Waals surface area contributed by atoms with Crippen molar-refractivity contribution < 1.29 is 34.7 Å². The number of amides is 1. The van der Waals surface area contributed by atoms with E-state index in [1.165, 1.54) is 0 Å². The molecule has 1 aromatic carbocycles. The van der Waals surface area contributed by atoms with Crippen LogP contribution in [-0.4, -0.2) is 70.2 Å². The minimum Gasteiger partial charge on any atom is -0.462 e. The second-order valence-electron chi connectivity index (χ2n) is 6.65. The van der Waals surface area contributed by atoms with Gasteiger partial charge in [-0.1, -0.05) is 26.0 Å². The zero-order valence-electron chi connectivity index (χ0n) is 14.9. The molecule has 8 nitrogen and oxygen atoms in total. The lowest BCUT2D eigenvalue weighted by Gasteiger charge is -2.39. The molecule has 0 aromatic heterocycles. The zero-order valence-corrected chi connectivity index (χ0v) is 14.9. The van der Waals surface area contributed by atoms with Crippen molar-refractivity contribution in [1.29, 1.82) is 0 Å². The van der Waals surface area contributed by atoms with E-state index in [-0.39, 0.29) is 11.8 Å². The summed E-state index contributed by atoms with van der Waals surface area (Å²) in [7, 11) is 0. The molecule has 3 unspecified atom stereocenters. The predicted octanol–water partition coefficient (Wildman–Crippen LogP) is -0.820. The molecule has 0 bridgehead atoms. The van der Waals surface area contributed by atoms with Crippen LogP contribution in [0, 0.1) is 5.92 Å². The average Bonchev–Trinajstić information content (AvgIpc) is 2.63. The van der Waals surface area contributed by atoms with Crippen LogP contribution >= 0.6 is 0 Å². The van der Waals surface area contributed by atoms with E-state index in [0.717, 1.165) is 5.56 Å². The second-order valence-corrected chi connectivity index (χ2v) is 6.65. The Kier molecular flexibility index (Phi) is 7.36. The first-order valence-corrected chi connectivity index (χ1v) is 8.67. The van der Waals surface area contributed by atoms with Crippen molar-refractivity contribution in [2.75, 3.05) is 13.2 Å². The molecule has 146 valence electrons. The number of carbonyl (C=O) groups excluding carboxylic acids is 1. The maximum Gasteiger partial charge on any atom is 0.229 e. The summed E-state index contributed by atoms with van der Waals surface area (Å²) in [5.41, 5.74) is 0.996. The highest BCUT2D eigenvalue weighted by atomic mass is 16.7. The Bertz CT molecular complexity index is 575. The average molecular weight is 369 g/mol. The monoisotopic (exact) mass is 369 g/mol. The molecule has 0 aliphatic carbocycles. The van der Waals surface area contributed by atoms with Gasteiger partial charge in [-0.25, -0.2) is 0 Å². The van der Waals surface area contributed by atoms with Crippen molar-refractivity contribution in [2.24, 2.45) is 5.92 Å². The summed E-state index contributed by atoms with van der Waals surface area (Å²) in [6, 6.07) is 7.00. The smallest absolute Gasteiger partial charge is 0.229 e. The summed E-state index contributed by atoms with van der Waals surface area (Å²) in [6.07, 6.45) is -5.89. The van der Waals surface area contributed by atoms with Gasteiger partial charge in [0.15, 0.2) is 0 Å². The van der Waals surface area contributed by atoms with E-state index >= 15 is 0 Å².